The third-order valence-electron chi connectivity index (χ3n) is 4.49. The van der Waals surface area contributed by atoms with E-state index in [-0.39, 0.29) is 44.9 Å². The first-order valence-corrected chi connectivity index (χ1v) is 19.0. The molecule has 0 aliphatic heterocycles. The molecule has 0 amide bonds. The number of aliphatic imine (C=N–C) groups is 2. The molecule has 0 fully saturated rings. The van der Waals surface area contributed by atoms with E-state index in [1.54, 1.807) is 36.1 Å². The van der Waals surface area contributed by atoms with E-state index in [4.69, 9.17) is 9.47 Å². The summed E-state index contributed by atoms with van der Waals surface area (Å²) in [5, 5.41) is 0.801. The number of hydrogen-bond acceptors (Lipinski definition) is 18. The number of thioether (sulfide) groups is 5. The van der Waals surface area contributed by atoms with Crippen LogP contribution >= 0.6 is 58.8 Å². The Morgan fingerprint density at radius 3 is 1.67 bits per heavy atom. The van der Waals surface area contributed by atoms with Crippen LogP contribution in [-0.2, 0) is 58.9 Å². The molecule has 48 heavy (non-hydrogen) atoms. The largest absolute Gasteiger partial charge is 0.468 e. The maximum Gasteiger partial charge on any atom is 0.358 e. The second-order valence-corrected chi connectivity index (χ2v) is 12.7. The fraction of sp³-hybridized carbons (Fsp3) is 0.643. The van der Waals surface area contributed by atoms with Crippen molar-refractivity contribution in [1.82, 2.24) is 19.4 Å². The minimum atomic E-state index is -0.427. The molecule has 0 aliphatic carbocycles. The minimum absolute atomic E-state index is 0. The number of imidazole rings is 1. The van der Waals surface area contributed by atoms with Gasteiger partial charge in [-0.15, -0.1) is 47.0 Å². The summed E-state index contributed by atoms with van der Waals surface area (Å²) < 4.78 is 26.8. The van der Waals surface area contributed by atoms with Gasteiger partial charge in [-0.05, 0) is 45.4 Å². The van der Waals surface area contributed by atoms with E-state index in [9.17, 15) is 14.4 Å². The van der Waals surface area contributed by atoms with Crippen LogP contribution in [0.4, 0.5) is 0 Å². The van der Waals surface area contributed by atoms with Gasteiger partial charge in [0, 0.05) is 66.3 Å². The minimum Gasteiger partial charge on any atom is -0.468 e. The molecule has 14 nitrogen and oxygen atoms in total. The summed E-state index contributed by atoms with van der Waals surface area (Å²) >= 11 is 7.54. The maximum absolute atomic E-state index is 11.4. The number of hydrogen-bond donors (Lipinski definition) is 0. The number of aromatic nitrogens is 2. The average molecular weight is 814 g/mol. The number of carbonyl (C=O) groups excluding carboxylic acids is 3. The fourth-order valence-corrected chi connectivity index (χ4v) is 5.15. The Kier molecular flexibility index (Phi) is 41.5. The molecule has 0 aromatic carbocycles. The van der Waals surface area contributed by atoms with Gasteiger partial charge in [0.15, 0.2) is 16.5 Å². The third kappa shape index (κ3) is 27.5. The standard InChI is InChI=1S/C9H16N2O2S2.C7H10N2O2S.C6H11NO2S2.C5H13NO2.CH4.V/c1-11(2)6-7(8(12)13-3)10-9(14-4)15-5;1-9-4-5(6(10)11-2)8-7(9)12-3;1-9-5(8)4-7-6(10-2)11-3;1-6(2)5(7-3)8-4;;/h6H,1-5H3;4H,1-3H3;4H2,1-3H3;5H,1-4H3;1H4;/b7-6+;;;;;. The van der Waals surface area contributed by atoms with Crippen LogP contribution < -0.4 is 0 Å². The molecule has 1 aromatic heterocycles. The van der Waals surface area contributed by atoms with Crippen molar-refractivity contribution < 1.29 is 56.6 Å². The zero-order valence-electron chi connectivity index (χ0n) is 29.9. The average Bonchev–Trinajstić information content (AvgIpc) is 3.44. The fourth-order valence-electron chi connectivity index (χ4n) is 2.52. The van der Waals surface area contributed by atoms with Crippen molar-refractivity contribution in [3.05, 3.63) is 23.8 Å². The van der Waals surface area contributed by atoms with Crippen molar-refractivity contribution in [2.45, 2.75) is 19.0 Å². The van der Waals surface area contributed by atoms with Gasteiger partial charge in [-0.1, -0.05) is 19.2 Å². The summed E-state index contributed by atoms with van der Waals surface area (Å²) in [4.78, 5) is 48.8. The summed E-state index contributed by atoms with van der Waals surface area (Å²) in [5.41, 5.74) is 0.658. The molecule has 0 bridgehead atoms. The third-order valence-corrected chi connectivity index (χ3v) is 9.07. The van der Waals surface area contributed by atoms with Crippen molar-refractivity contribution >= 4 is 85.5 Å². The number of rotatable bonds is 10. The molecule has 0 unspecified atom stereocenters. The van der Waals surface area contributed by atoms with E-state index in [1.165, 1.54) is 80.1 Å². The molecule has 1 aromatic rings. The van der Waals surface area contributed by atoms with Crippen molar-refractivity contribution in [2.75, 3.05) is 102 Å². The second kappa shape index (κ2) is 35.5. The number of aryl methyl sites for hydroxylation is 1. The van der Waals surface area contributed by atoms with Gasteiger partial charge >= 0.3 is 17.9 Å². The molecule has 0 spiro atoms. The summed E-state index contributed by atoms with van der Waals surface area (Å²) in [6.45, 7) is 0.119. The van der Waals surface area contributed by atoms with E-state index < -0.39 is 11.9 Å². The van der Waals surface area contributed by atoms with Crippen LogP contribution in [0.15, 0.2) is 33.2 Å². The number of methoxy groups -OCH3 is 5. The second-order valence-electron chi connectivity index (χ2n) is 8.28. The predicted molar refractivity (Wildman–Crippen MR) is 204 cm³/mol. The van der Waals surface area contributed by atoms with Crippen molar-refractivity contribution in [1.29, 1.82) is 0 Å². The van der Waals surface area contributed by atoms with E-state index in [2.05, 4.69) is 29.2 Å². The zero-order chi connectivity index (χ0) is 36.2. The van der Waals surface area contributed by atoms with Crippen LogP contribution in [0.3, 0.4) is 0 Å². The molecule has 0 saturated carbocycles. The first kappa shape index (κ1) is 56.1. The first-order valence-electron chi connectivity index (χ1n) is 12.9. The number of nitrogens with zero attached hydrogens (tertiary/aromatic N) is 6. The summed E-state index contributed by atoms with van der Waals surface area (Å²) in [7, 11) is 16.5. The Morgan fingerprint density at radius 1 is 0.875 bits per heavy atom. The van der Waals surface area contributed by atoms with E-state index in [0.717, 1.165) is 13.9 Å². The van der Waals surface area contributed by atoms with Crippen molar-refractivity contribution in [3.8, 4) is 0 Å². The van der Waals surface area contributed by atoms with E-state index >= 15 is 0 Å². The molecule has 279 valence electrons. The Bertz CT molecular complexity index is 1090. The quantitative estimate of drug-likeness (QED) is 0.0618. The first-order chi connectivity index (χ1) is 21.7. The smallest absolute Gasteiger partial charge is 0.358 e. The van der Waals surface area contributed by atoms with Gasteiger partial charge in [-0.25, -0.2) is 19.6 Å². The molecular formula is C28H54N6O8S5V. The van der Waals surface area contributed by atoms with Crippen LogP contribution in [0.1, 0.15) is 17.9 Å². The Morgan fingerprint density at radius 2 is 1.38 bits per heavy atom. The van der Waals surface area contributed by atoms with Crippen LogP contribution in [0.2, 0.25) is 0 Å². The van der Waals surface area contributed by atoms with Gasteiger partial charge in [0.2, 0.25) is 6.41 Å². The maximum atomic E-state index is 11.4. The number of ether oxygens (including phenoxy) is 5. The van der Waals surface area contributed by atoms with Gasteiger partial charge in [-0.2, -0.15) is 0 Å². The summed E-state index contributed by atoms with van der Waals surface area (Å²) in [5.74, 6) is -1.12. The van der Waals surface area contributed by atoms with Gasteiger partial charge in [-0.3, -0.25) is 14.7 Å². The molecule has 0 N–H and O–H groups in total. The Balaban J connectivity index is -0.000000172. The Labute approximate surface area is 321 Å². The molecule has 1 radical (unpaired) electrons. The van der Waals surface area contributed by atoms with Crippen molar-refractivity contribution in [2.24, 2.45) is 17.0 Å². The van der Waals surface area contributed by atoms with E-state index in [0.29, 0.717) is 11.4 Å². The predicted octanol–water partition coefficient (Wildman–Crippen LogP) is 4.57. The normalized spacial score (nSPS) is 9.81. The number of esters is 3. The molecule has 0 atom stereocenters. The van der Waals surface area contributed by atoms with Gasteiger partial charge < -0.3 is 33.2 Å². The van der Waals surface area contributed by atoms with Gasteiger partial charge in [0.1, 0.15) is 15.3 Å². The summed E-state index contributed by atoms with van der Waals surface area (Å²) in [6, 6.07) is 0. The van der Waals surface area contributed by atoms with Gasteiger partial charge in [0.25, 0.3) is 0 Å². The van der Waals surface area contributed by atoms with Crippen LogP contribution in [0, 0.1) is 0 Å². The molecule has 1 heterocycles. The SMILES string of the molecule is C.COC(=O)/C(=C\N(C)C)N=C(SC)SC.COC(=O)CN=C(SC)SC.COC(=O)c1cn(C)c(SC)n1.COC(OC)N(C)C.[V]. The molecular weight excluding hydrogens is 760 g/mol. The summed E-state index contributed by atoms with van der Waals surface area (Å²) in [6.07, 6.45) is 12.7. The zero-order valence-corrected chi connectivity index (χ0v) is 35.4. The van der Waals surface area contributed by atoms with Crippen molar-refractivity contribution in [3.63, 3.8) is 0 Å². The van der Waals surface area contributed by atoms with E-state index in [1.807, 2.05) is 71.4 Å². The molecule has 20 heteroatoms. The van der Waals surface area contributed by atoms with Crippen LogP contribution in [0.5, 0.6) is 0 Å². The molecule has 0 saturated heterocycles. The Hall–Kier alpha value is -1.29. The van der Waals surface area contributed by atoms with Crippen LogP contribution in [-0.4, -0.2) is 154 Å². The van der Waals surface area contributed by atoms with Gasteiger partial charge in [0.05, 0.1) is 21.3 Å². The molecule has 0 aliphatic rings. The van der Waals surface area contributed by atoms with Crippen LogP contribution in [0.25, 0.3) is 0 Å². The number of carbonyl (C=O) groups is 3. The molecule has 1 rings (SSSR count). The topological polar surface area (TPSA) is 146 Å². The monoisotopic (exact) mass is 813 g/mol.